The second-order valence-electron chi connectivity index (χ2n) is 11.6. The molecule has 44 heavy (non-hydrogen) atoms. The number of aliphatic hydroxyl groups is 1. The number of amides is 3. The summed E-state index contributed by atoms with van der Waals surface area (Å²) in [6.45, 7) is 1.95. The third-order valence-corrected chi connectivity index (χ3v) is 8.69. The minimum Gasteiger partial charge on any atom is -0.494 e. The van der Waals surface area contributed by atoms with E-state index < -0.39 is 23.6 Å². The maximum atomic E-state index is 14.6. The number of nitrogens with one attached hydrogen (secondary N) is 1. The van der Waals surface area contributed by atoms with E-state index in [1.54, 1.807) is 9.80 Å². The second-order valence-corrected chi connectivity index (χ2v) is 12.0. The number of likely N-dealkylation sites (N-methyl/N-ethyl adjacent to an activating group) is 1. The van der Waals surface area contributed by atoms with Gasteiger partial charge in [-0.2, -0.15) is 4.39 Å². The summed E-state index contributed by atoms with van der Waals surface area (Å²) in [5, 5.41) is 12.8. The molecule has 3 aromatic rings. The lowest BCUT2D eigenvalue weighted by atomic mass is 10.1. The fourth-order valence-electron chi connectivity index (χ4n) is 5.91. The number of piperazine rings is 1. The number of halogens is 3. The van der Waals surface area contributed by atoms with Gasteiger partial charge in [0.2, 0.25) is 5.82 Å². The highest BCUT2D eigenvalue weighted by atomic mass is 35.5. The van der Waals surface area contributed by atoms with Gasteiger partial charge in [0, 0.05) is 50.9 Å². The Morgan fingerprint density at radius 1 is 1.07 bits per heavy atom. The van der Waals surface area contributed by atoms with Gasteiger partial charge >= 0.3 is 0 Å². The van der Waals surface area contributed by atoms with Crippen molar-refractivity contribution in [3.63, 3.8) is 0 Å². The number of hydrogen-bond acceptors (Lipinski definition) is 6. The summed E-state index contributed by atoms with van der Waals surface area (Å²) in [5.74, 6) is -3.52. The van der Waals surface area contributed by atoms with E-state index in [1.807, 2.05) is 14.1 Å². The normalized spacial score (nSPS) is 19.6. The minimum atomic E-state index is -1.15. The number of quaternary nitrogens is 1. The highest BCUT2D eigenvalue weighted by molar-refractivity contribution is 6.34. The summed E-state index contributed by atoms with van der Waals surface area (Å²) in [5.41, 5.74) is 0.641. The molecule has 2 aromatic carbocycles. The Labute approximate surface area is 258 Å². The molecule has 3 heterocycles. The van der Waals surface area contributed by atoms with Gasteiger partial charge in [0.05, 0.1) is 43.7 Å². The molecule has 0 aliphatic carbocycles. The molecule has 0 bridgehead atoms. The monoisotopic (exact) mass is 631 g/mol. The number of hydrogen-bond donors (Lipinski definition) is 2. The molecule has 0 radical (unpaired) electrons. The summed E-state index contributed by atoms with van der Waals surface area (Å²) in [6.07, 6.45) is 1.18. The Hall–Kier alpha value is -4.07. The van der Waals surface area contributed by atoms with Crippen LogP contribution in [0.4, 0.5) is 14.5 Å². The van der Waals surface area contributed by atoms with Crippen molar-refractivity contribution in [1.82, 2.24) is 19.4 Å². The fraction of sp³-hybridized carbons (Fsp3) is 0.400. The number of imidazole rings is 1. The Morgan fingerprint density at radius 3 is 2.36 bits per heavy atom. The van der Waals surface area contributed by atoms with Gasteiger partial charge in [0.15, 0.2) is 23.4 Å². The summed E-state index contributed by atoms with van der Waals surface area (Å²) in [6, 6.07) is 6.80. The molecule has 2 fully saturated rings. The molecule has 1 aromatic heterocycles. The van der Waals surface area contributed by atoms with E-state index in [9.17, 15) is 28.3 Å². The number of aliphatic hydroxyl groups excluding tert-OH is 1. The number of nitrogens with zero attached hydrogens (tertiary/aromatic N) is 5. The molecular formula is C30H34ClF2N6O5+. The van der Waals surface area contributed by atoms with E-state index in [0.29, 0.717) is 49.3 Å². The van der Waals surface area contributed by atoms with Gasteiger partial charge in [0.1, 0.15) is 12.6 Å². The van der Waals surface area contributed by atoms with E-state index >= 15 is 0 Å². The topological polar surface area (TPSA) is 117 Å². The zero-order chi connectivity index (χ0) is 31.9. The highest BCUT2D eigenvalue weighted by Gasteiger charge is 2.46. The Kier molecular flexibility index (Phi) is 8.65. The summed E-state index contributed by atoms with van der Waals surface area (Å²) in [4.78, 5) is 46.9. The van der Waals surface area contributed by atoms with Gasteiger partial charge < -0.3 is 34.0 Å². The van der Waals surface area contributed by atoms with Crippen molar-refractivity contribution < 1.29 is 37.5 Å². The number of benzene rings is 2. The number of ether oxygens (including phenoxy) is 1. The van der Waals surface area contributed by atoms with Crippen LogP contribution in [0.15, 0.2) is 36.5 Å². The summed E-state index contributed by atoms with van der Waals surface area (Å²) >= 11 is 6.46. The van der Waals surface area contributed by atoms with Gasteiger partial charge in [-0.25, -0.2) is 9.37 Å². The van der Waals surface area contributed by atoms with Crippen molar-refractivity contribution in [2.75, 3.05) is 59.2 Å². The van der Waals surface area contributed by atoms with Crippen molar-refractivity contribution in [3.05, 3.63) is 64.6 Å². The number of carbonyl (C=O) groups excluding carboxylic acids is 3. The largest absolute Gasteiger partial charge is 0.494 e. The minimum absolute atomic E-state index is 0.0158. The lowest BCUT2D eigenvalue weighted by Crippen LogP contribution is -2.58. The maximum absolute atomic E-state index is 14.6. The van der Waals surface area contributed by atoms with Crippen molar-refractivity contribution in [3.8, 4) is 17.0 Å². The van der Waals surface area contributed by atoms with Crippen molar-refractivity contribution in [2.24, 2.45) is 7.05 Å². The first kappa shape index (κ1) is 31.4. The van der Waals surface area contributed by atoms with Gasteiger partial charge in [-0.05, 0) is 30.3 Å². The first-order chi connectivity index (χ1) is 20.8. The van der Waals surface area contributed by atoms with Crippen LogP contribution >= 0.6 is 11.6 Å². The SMILES string of the molecule is COc1ccc(-c2cnc(C(=O)Nc3ccc(C(=O)N4CCN(C(=O)[C@@H]5C[C@@H](O)C[N+]5(C)C)CC4)c(Cl)c3)n2C)c(F)c1F. The molecule has 11 nitrogen and oxygen atoms in total. The number of aromatic nitrogens is 2. The lowest BCUT2D eigenvalue weighted by molar-refractivity contribution is -0.894. The van der Waals surface area contributed by atoms with Gasteiger partial charge in [-0.1, -0.05) is 11.6 Å². The Balaban J connectivity index is 1.22. The van der Waals surface area contributed by atoms with E-state index in [2.05, 4.69) is 10.3 Å². The molecule has 2 aliphatic heterocycles. The van der Waals surface area contributed by atoms with Gasteiger partial charge in [-0.15, -0.1) is 0 Å². The molecule has 0 unspecified atom stereocenters. The average molecular weight is 632 g/mol. The van der Waals surface area contributed by atoms with Crippen molar-refractivity contribution in [2.45, 2.75) is 18.6 Å². The van der Waals surface area contributed by atoms with Gasteiger partial charge in [0.25, 0.3) is 17.7 Å². The molecule has 5 rings (SSSR count). The second kappa shape index (κ2) is 12.1. The van der Waals surface area contributed by atoms with E-state index in [1.165, 1.54) is 55.3 Å². The first-order valence-corrected chi connectivity index (χ1v) is 14.4. The van der Waals surface area contributed by atoms with Crippen molar-refractivity contribution in [1.29, 1.82) is 0 Å². The predicted molar refractivity (Wildman–Crippen MR) is 158 cm³/mol. The predicted octanol–water partition coefficient (Wildman–Crippen LogP) is 2.77. The van der Waals surface area contributed by atoms with Crippen molar-refractivity contribution >= 4 is 35.0 Å². The maximum Gasteiger partial charge on any atom is 0.291 e. The highest BCUT2D eigenvalue weighted by Crippen LogP contribution is 2.31. The molecule has 3 amide bonds. The van der Waals surface area contributed by atoms with Crippen LogP contribution in [0.5, 0.6) is 5.75 Å². The number of anilines is 1. The van der Waals surface area contributed by atoms with E-state index in [-0.39, 0.29) is 51.3 Å². The average Bonchev–Trinajstić information content (AvgIpc) is 3.50. The third kappa shape index (κ3) is 5.86. The van der Waals surface area contributed by atoms with E-state index in [4.69, 9.17) is 16.3 Å². The van der Waals surface area contributed by atoms with Gasteiger partial charge in [-0.3, -0.25) is 14.4 Å². The summed E-state index contributed by atoms with van der Waals surface area (Å²) < 4.78 is 35.5. The zero-order valence-corrected chi connectivity index (χ0v) is 25.6. The zero-order valence-electron chi connectivity index (χ0n) is 24.8. The molecule has 2 atom stereocenters. The molecule has 2 N–H and O–H groups in total. The quantitative estimate of drug-likeness (QED) is 0.404. The van der Waals surface area contributed by atoms with Crippen LogP contribution in [0.25, 0.3) is 11.3 Å². The van der Waals surface area contributed by atoms with Crippen LogP contribution in [0.1, 0.15) is 27.4 Å². The standard InChI is InChI=1S/C30H33ClF2N6O5/c1-36-22(20-7-8-24(44-4)26(33)25(20)32)15-34-27(36)28(41)35-17-5-6-19(21(31)13-17)29(42)37-9-11-38(12-10-37)30(43)23-14-18(40)16-39(23,2)3/h5-8,13,15,18,23,40H,9-12,14,16H2,1-4H3/p+1/t18-,23+/m1/s1. The Bertz CT molecular complexity index is 1620. The van der Waals surface area contributed by atoms with Crippen LogP contribution in [-0.4, -0.2) is 113 Å². The van der Waals surface area contributed by atoms with Crippen LogP contribution in [-0.2, 0) is 11.8 Å². The first-order valence-electron chi connectivity index (χ1n) is 14.1. The molecule has 14 heteroatoms. The molecule has 234 valence electrons. The number of likely N-dealkylation sites (tertiary alicyclic amines) is 1. The smallest absolute Gasteiger partial charge is 0.291 e. The number of carbonyl (C=O) groups is 3. The fourth-order valence-corrected chi connectivity index (χ4v) is 6.17. The van der Waals surface area contributed by atoms with Crippen LogP contribution in [0.2, 0.25) is 5.02 Å². The molecule has 2 saturated heterocycles. The number of rotatable bonds is 6. The number of methoxy groups -OCH3 is 1. The third-order valence-electron chi connectivity index (χ3n) is 8.38. The molecule has 2 aliphatic rings. The Morgan fingerprint density at radius 2 is 1.75 bits per heavy atom. The lowest BCUT2D eigenvalue weighted by Gasteiger charge is -2.38. The summed E-state index contributed by atoms with van der Waals surface area (Å²) in [7, 11) is 6.60. The molecular weight excluding hydrogens is 598 g/mol. The van der Waals surface area contributed by atoms with Crippen LogP contribution in [0, 0.1) is 11.6 Å². The van der Waals surface area contributed by atoms with Crippen LogP contribution in [0.3, 0.4) is 0 Å². The van der Waals surface area contributed by atoms with E-state index in [0.717, 1.165) is 0 Å². The molecule has 0 saturated carbocycles. The molecule has 0 spiro atoms. The van der Waals surface area contributed by atoms with Crippen LogP contribution < -0.4 is 10.1 Å².